The van der Waals surface area contributed by atoms with E-state index in [9.17, 15) is 5.11 Å². The van der Waals surface area contributed by atoms with Gasteiger partial charge >= 0.3 is 0 Å². The minimum atomic E-state index is -0.528. The molecule has 0 bridgehead atoms. The third kappa shape index (κ3) is 5.20. The second kappa shape index (κ2) is 11.2. The minimum absolute atomic E-state index is 0.206. The molecule has 0 fully saturated rings. The Balaban J connectivity index is 1.61. The van der Waals surface area contributed by atoms with E-state index in [0.29, 0.717) is 47.4 Å². The lowest BCUT2D eigenvalue weighted by atomic mass is 10.0. The van der Waals surface area contributed by atoms with Crippen molar-refractivity contribution in [2.24, 2.45) is 0 Å². The Labute approximate surface area is 240 Å². The lowest BCUT2D eigenvalue weighted by Gasteiger charge is -2.23. The summed E-state index contributed by atoms with van der Waals surface area (Å²) in [5.41, 5.74) is 7.47. The van der Waals surface area contributed by atoms with E-state index in [2.05, 4.69) is 35.5 Å². The number of ether oxygens (including phenoxy) is 1. The number of fused-ring (bicyclic) bond motifs is 1. The zero-order valence-electron chi connectivity index (χ0n) is 24.2. The summed E-state index contributed by atoms with van der Waals surface area (Å²) in [5, 5.41) is 19.6. The molecule has 1 aliphatic heterocycles. The number of halogens is 1. The molecule has 1 aromatic carbocycles. The van der Waals surface area contributed by atoms with Crippen LogP contribution in [-0.2, 0) is 13.1 Å². The maximum Gasteiger partial charge on any atom is 0.163 e. The SMILES string of the molecule is CCC[C@@H](O)COc1ccc(Cl)c(-c2nc(-c3c(C)noc3C)c(C)c(N3Cc4c(C)nn(C(C)C)c4C3)n2)c1. The minimum Gasteiger partial charge on any atom is -0.491 e. The first-order chi connectivity index (χ1) is 19.1. The Bertz CT molecular complexity index is 1520. The summed E-state index contributed by atoms with van der Waals surface area (Å²) in [6.45, 7) is 15.9. The summed E-state index contributed by atoms with van der Waals surface area (Å²) in [4.78, 5) is 12.4. The largest absolute Gasteiger partial charge is 0.491 e. The molecule has 9 nitrogen and oxygen atoms in total. The highest BCUT2D eigenvalue weighted by Crippen LogP contribution is 2.39. The van der Waals surface area contributed by atoms with Crippen molar-refractivity contribution in [2.75, 3.05) is 11.5 Å². The monoisotopic (exact) mass is 564 g/mol. The average Bonchev–Trinajstić information content (AvgIpc) is 3.58. The Morgan fingerprint density at radius 3 is 2.55 bits per heavy atom. The van der Waals surface area contributed by atoms with Crippen LogP contribution in [0.4, 0.5) is 5.82 Å². The first-order valence-electron chi connectivity index (χ1n) is 13.8. The van der Waals surface area contributed by atoms with Crippen molar-refractivity contribution < 1.29 is 14.4 Å². The third-order valence-electron chi connectivity index (χ3n) is 7.43. The number of aromatic nitrogens is 5. The van der Waals surface area contributed by atoms with Gasteiger partial charge in [0.15, 0.2) is 5.82 Å². The molecule has 10 heteroatoms. The van der Waals surface area contributed by atoms with E-state index < -0.39 is 6.10 Å². The standard InChI is InChI=1S/C30H37ClN6O3/c1-8-9-21(38)15-39-22-10-11-25(31)23(12-22)29-32-28(27-19(6)35-40-20(27)7)17(4)30(33-29)36-13-24-18(5)34-37(16(2)3)26(24)14-36/h10-12,16,21,38H,8-9,13-15H2,1-7H3/t21-/m1/s1. The molecule has 3 aromatic heterocycles. The summed E-state index contributed by atoms with van der Waals surface area (Å²) in [5.74, 6) is 2.60. The molecule has 1 aliphatic rings. The van der Waals surface area contributed by atoms with Crippen LogP contribution in [0.25, 0.3) is 22.6 Å². The second-order valence-corrected chi connectivity index (χ2v) is 11.3. The molecular weight excluding hydrogens is 528 g/mol. The van der Waals surface area contributed by atoms with E-state index in [4.69, 9.17) is 35.9 Å². The summed E-state index contributed by atoms with van der Waals surface area (Å²) < 4.78 is 13.5. The van der Waals surface area contributed by atoms with Gasteiger partial charge in [0, 0.05) is 29.3 Å². The highest BCUT2D eigenvalue weighted by molar-refractivity contribution is 6.33. The summed E-state index contributed by atoms with van der Waals surface area (Å²) in [7, 11) is 0. The van der Waals surface area contributed by atoms with Crippen molar-refractivity contribution in [3.05, 3.63) is 57.2 Å². The van der Waals surface area contributed by atoms with E-state index in [0.717, 1.165) is 40.4 Å². The van der Waals surface area contributed by atoms with Crippen molar-refractivity contribution in [2.45, 2.75) is 86.5 Å². The molecule has 0 spiro atoms. The van der Waals surface area contributed by atoms with Crippen LogP contribution in [0.3, 0.4) is 0 Å². The van der Waals surface area contributed by atoms with Gasteiger partial charge in [0.05, 0.1) is 46.0 Å². The van der Waals surface area contributed by atoms with Crippen LogP contribution in [0.15, 0.2) is 22.7 Å². The quantitative estimate of drug-likeness (QED) is 0.245. The van der Waals surface area contributed by atoms with Crippen molar-refractivity contribution in [1.29, 1.82) is 0 Å². The number of benzene rings is 1. The fraction of sp³-hybridized carbons (Fsp3) is 0.467. The predicted octanol–water partition coefficient (Wildman–Crippen LogP) is 6.52. The van der Waals surface area contributed by atoms with E-state index in [-0.39, 0.29) is 12.6 Å². The zero-order valence-corrected chi connectivity index (χ0v) is 25.0. The fourth-order valence-corrected chi connectivity index (χ4v) is 5.58. The number of aryl methyl sites for hydroxylation is 3. The van der Waals surface area contributed by atoms with Gasteiger partial charge in [0.2, 0.25) is 0 Å². The zero-order chi connectivity index (χ0) is 28.7. The third-order valence-corrected chi connectivity index (χ3v) is 7.76. The van der Waals surface area contributed by atoms with Gasteiger partial charge in [-0.3, -0.25) is 4.68 Å². The van der Waals surface area contributed by atoms with Crippen LogP contribution in [-0.4, -0.2) is 42.7 Å². The topological polar surface area (TPSA) is 102 Å². The number of hydrogen-bond donors (Lipinski definition) is 1. The summed E-state index contributed by atoms with van der Waals surface area (Å²) in [6.07, 6.45) is 1.04. The first-order valence-corrected chi connectivity index (χ1v) is 14.2. The van der Waals surface area contributed by atoms with Gasteiger partial charge in [-0.25, -0.2) is 9.97 Å². The molecule has 0 saturated carbocycles. The molecule has 1 atom stereocenters. The van der Waals surface area contributed by atoms with Crippen LogP contribution in [0.5, 0.6) is 5.75 Å². The first kappa shape index (κ1) is 28.1. The van der Waals surface area contributed by atoms with Crippen LogP contribution < -0.4 is 9.64 Å². The highest BCUT2D eigenvalue weighted by atomic mass is 35.5. The number of aliphatic hydroxyl groups excluding tert-OH is 1. The van der Waals surface area contributed by atoms with Crippen molar-refractivity contribution in [3.63, 3.8) is 0 Å². The molecule has 1 N–H and O–H groups in total. The van der Waals surface area contributed by atoms with Crippen LogP contribution in [0.1, 0.15) is 73.6 Å². The number of nitrogens with zero attached hydrogens (tertiary/aromatic N) is 6. The Morgan fingerprint density at radius 1 is 1.10 bits per heavy atom. The number of rotatable bonds is 9. The highest BCUT2D eigenvalue weighted by Gasteiger charge is 2.31. The van der Waals surface area contributed by atoms with E-state index in [1.807, 2.05) is 33.8 Å². The van der Waals surface area contributed by atoms with Crippen molar-refractivity contribution in [3.8, 4) is 28.4 Å². The Hall–Kier alpha value is -3.43. The van der Waals surface area contributed by atoms with Gasteiger partial charge < -0.3 is 19.3 Å². The van der Waals surface area contributed by atoms with Gasteiger partial charge in [-0.1, -0.05) is 30.1 Å². The molecule has 4 aromatic rings. The van der Waals surface area contributed by atoms with Gasteiger partial charge in [-0.2, -0.15) is 5.10 Å². The summed E-state index contributed by atoms with van der Waals surface area (Å²) >= 11 is 6.73. The van der Waals surface area contributed by atoms with E-state index >= 15 is 0 Å². The molecular formula is C30H37ClN6O3. The molecule has 0 unspecified atom stereocenters. The fourth-order valence-electron chi connectivity index (χ4n) is 5.38. The van der Waals surface area contributed by atoms with Gasteiger partial charge in [-0.05, 0) is 66.2 Å². The van der Waals surface area contributed by atoms with Crippen molar-refractivity contribution in [1.82, 2.24) is 24.9 Å². The lowest BCUT2D eigenvalue weighted by molar-refractivity contribution is 0.0994. The number of hydrogen-bond acceptors (Lipinski definition) is 8. The molecule has 0 saturated heterocycles. The smallest absolute Gasteiger partial charge is 0.163 e. The maximum absolute atomic E-state index is 10.2. The molecule has 40 heavy (non-hydrogen) atoms. The van der Waals surface area contributed by atoms with Crippen LogP contribution >= 0.6 is 11.6 Å². The number of aliphatic hydroxyl groups is 1. The predicted molar refractivity (Wildman–Crippen MR) is 156 cm³/mol. The van der Waals surface area contributed by atoms with Crippen LogP contribution in [0, 0.1) is 27.7 Å². The molecule has 0 aliphatic carbocycles. The summed E-state index contributed by atoms with van der Waals surface area (Å²) in [6, 6.07) is 5.68. The normalized spacial score (nSPS) is 13.8. The van der Waals surface area contributed by atoms with Crippen LogP contribution in [0.2, 0.25) is 5.02 Å². The van der Waals surface area contributed by atoms with E-state index in [1.165, 1.54) is 11.3 Å². The molecule has 5 rings (SSSR count). The lowest BCUT2D eigenvalue weighted by Crippen LogP contribution is -2.21. The van der Waals surface area contributed by atoms with Crippen molar-refractivity contribution >= 4 is 17.4 Å². The van der Waals surface area contributed by atoms with E-state index in [1.54, 1.807) is 12.1 Å². The van der Waals surface area contributed by atoms with Gasteiger partial charge in [-0.15, -0.1) is 0 Å². The Kier molecular flexibility index (Phi) is 7.88. The average molecular weight is 565 g/mol. The maximum atomic E-state index is 10.2. The molecule has 212 valence electrons. The number of anilines is 1. The molecule has 0 amide bonds. The molecule has 4 heterocycles. The Morgan fingerprint density at radius 2 is 1.88 bits per heavy atom. The second-order valence-electron chi connectivity index (χ2n) is 10.8. The molecule has 0 radical (unpaired) electrons. The van der Waals surface area contributed by atoms with Gasteiger partial charge in [0.25, 0.3) is 0 Å². The van der Waals surface area contributed by atoms with Gasteiger partial charge in [0.1, 0.15) is 23.9 Å².